The van der Waals surface area contributed by atoms with Crippen LogP contribution in [0.2, 0.25) is 0 Å². The van der Waals surface area contributed by atoms with E-state index >= 15 is 0 Å². The molecular formula is C75H142O6. The number of carbonyl (C=O) groups excluding carboxylic acids is 3. The van der Waals surface area contributed by atoms with Gasteiger partial charge in [0.05, 0.1) is 0 Å². The van der Waals surface area contributed by atoms with Gasteiger partial charge in [0.25, 0.3) is 0 Å². The summed E-state index contributed by atoms with van der Waals surface area (Å²) in [6, 6.07) is 0. The molecule has 6 nitrogen and oxygen atoms in total. The molecule has 0 fully saturated rings. The van der Waals surface area contributed by atoms with Crippen LogP contribution in [0.3, 0.4) is 0 Å². The Hall–Kier alpha value is -2.11. The van der Waals surface area contributed by atoms with Gasteiger partial charge in [0.1, 0.15) is 13.2 Å². The van der Waals surface area contributed by atoms with Gasteiger partial charge in [0, 0.05) is 19.3 Å². The van der Waals surface area contributed by atoms with Gasteiger partial charge in [-0.1, -0.05) is 353 Å². The molecule has 81 heavy (non-hydrogen) atoms. The first-order valence-corrected chi connectivity index (χ1v) is 36.8. The SMILES string of the molecule is CCCCCCCC/C=C\CCCCCCCC(=O)OCC(COC(=O)CCCCCCCCCCCCCCC/C=C\CCCCCCCCCC)OC(=O)CCCCCCCCCCCCCCCCCCCCCCCCC. The summed E-state index contributed by atoms with van der Waals surface area (Å²) in [7, 11) is 0. The van der Waals surface area contributed by atoms with Crippen LogP contribution in [0.25, 0.3) is 0 Å². The molecule has 0 aliphatic rings. The van der Waals surface area contributed by atoms with Gasteiger partial charge in [-0.05, 0) is 70.6 Å². The summed E-state index contributed by atoms with van der Waals surface area (Å²) >= 11 is 0. The van der Waals surface area contributed by atoms with Crippen LogP contribution in [0.15, 0.2) is 24.3 Å². The second-order valence-electron chi connectivity index (χ2n) is 25.2. The summed E-state index contributed by atoms with van der Waals surface area (Å²) in [6.45, 7) is 6.72. The molecule has 0 heterocycles. The number of ether oxygens (including phenoxy) is 3. The highest BCUT2D eigenvalue weighted by Gasteiger charge is 2.19. The number of hydrogen-bond acceptors (Lipinski definition) is 6. The highest BCUT2D eigenvalue weighted by molar-refractivity contribution is 5.71. The second kappa shape index (κ2) is 70.4. The maximum atomic E-state index is 13.0. The molecule has 0 saturated carbocycles. The molecule has 1 unspecified atom stereocenters. The Labute approximate surface area is 506 Å². The van der Waals surface area contributed by atoms with Crippen LogP contribution in [0.5, 0.6) is 0 Å². The fraction of sp³-hybridized carbons (Fsp3) is 0.907. The van der Waals surface area contributed by atoms with Crippen molar-refractivity contribution in [3.05, 3.63) is 24.3 Å². The Morgan fingerprint density at radius 2 is 0.407 bits per heavy atom. The first-order valence-electron chi connectivity index (χ1n) is 36.8. The number of hydrogen-bond donors (Lipinski definition) is 0. The minimum atomic E-state index is -0.773. The summed E-state index contributed by atoms with van der Waals surface area (Å²) in [4.78, 5) is 38.5. The van der Waals surface area contributed by atoms with Gasteiger partial charge < -0.3 is 14.2 Å². The predicted octanol–water partition coefficient (Wildman–Crippen LogP) is 25.3. The van der Waals surface area contributed by atoms with Gasteiger partial charge in [-0.15, -0.1) is 0 Å². The maximum Gasteiger partial charge on any atom is 0.306 e. The van der Waals surface area contributed by atoms with Crippen LogP contribution >= 0.6 is 0 Å². The van der Waals surface area contributed by atoms with Crippen molar-refractivity contribution in [1.82, 2.24) is 0 Å². The smallest absolute Gasteiger partial charge is 0.306 e. The number of carbonyl (C=O) groups is 3. The van der Waals surface area contributed by atoms with Crippen molar-refractivity contribution in [3.8, 4) is 0 Å². The molecule has 1 atom stereocenters. The molecule has 478 valence electrons. The highest BCUT2D eigenvalue weighted by Crippen LogP contribution is 2.19. The van der Waals surface area contributed by atoms with E-state index in [2.05, 4.69) is 45.1 Å². The standard InChI is InChI=1S/C75H142O6/c1-4-7-10-13-16-19-22-25-28-30-32-34-36-37-39-40-42-44-47-50-53-56-59-62-65-68-74(77)80-71-72(70-79-73(76)67-64-61-58-55-52-49-46-27-24-21-18-15-12-9-6-3)81-75(78)69-66-63-60-57-54-51-48-45-43-41-38-35-33-31-29-26-23-20-17-14-11-8-5-2/h27,30,32,46,72H,4-26,28-29,31,33-45,47-71H2,1-3H3/b32-30-,46-27-. The van der Waals surface area contributed by atoms with Gasteiger partial charge in [0.2, 0.25) is 0 Å². The predicted molar refractivity (Wildman–Crippen MR) is 353 cm³/mol. The summed E-state index contributed by atoms with van der Waals surface area (Å²) < 4.78 is 17.0. The summed E-state index contributed by atoms with van der Waals surface area (Å²) in [5.74, 6) is -0.842. The Kier molecular flexibility index (Phi) is 68.5. The van der Waals surface area contributed by atoms with Crippen LogP contribution in [0.4, 0.5) is 0 Å². The minimum Gasteiger partial charge on any atom is -0.462 e. The van der Waals surface area contributed by atoms with Gasteiger partial charge in [-0.3, -0.25) is 14.4 Å². The fourth-order valence-corrected chi connectivity index (χ4v) is 11.4. The number of esters is 3. The van der Waals surface area contributed by atoms with Gasteiger partial charge in [-0.25, -0.2) is 0 Å². The maximum absolute atomic E-state index is 13.0. The Morgan fingerprint density at radius 1 is 0.235 bits per heavy atom. The fourth-order valence-electron chi connectivity index (χ4n) is 11.4. The van der Waals surface area contributed by atoms with Crippen molar-refractivity contribution in [3.63, 3.8) is 0 Å². The highest BCUT2D eigenvalue weighted by atomic mass is 16.6. The van der Waals surface area contributed by atoms with E-state index in [1.165, 1.54) is 315 Å². The third-order valence-corrected chi connectivity index (χ3v) is 16.9. The van der Waals surface area contributed by atoms with E-state index in [1.807, 2.05) is 0 Å². The van der Waals surface area contributed by atoms with E-state index in [9.17, 15) is 14.4 Å². The molecular weight excluding hydrogens is 997 g/mol. The quantitative estimate of drug-likeness (QED) is 0.0261. The lowest BCUT2D eigenvalue weighted by molar-refractivity contribution is -0.167. The van der Waals surface area contributed by atoms with E-state index in [-0.39, 0.29) is 31.1 Å². The molecule has 0 saturated heterocycles. The number of allylic oxidation sites excluding steroid dienone is 4. The van der Waals surface area contributed by atoms with Crippen molar-refractivity contribution in [2.24, 2.45) is 0 Å². The lowest BCUT2D eigenvalue weighted by atomic mass is 10.0. The van der Waals surface area contributed by atoms with E-state index in [0.717, 1.165) is 64.2 Å². The molecule has 6 heteroatoms. The van der Waals surface area contributed by atoms with Gasteiger partial charge in [-0.2, -0.15) is 0 Å². The van der Waals surface area contributed by atoms with Crippen molar-refractivity contribution < 1.29 is 28.6 Å². The van der Waals surface area contributed by atoms with Crippen molar-refractivity contribution in [1.29, 1.82) is 0 Å². The molecule has 0 radical (unpaired) electrons. The first-order chi connectivity index (χ1) is 40.0. The first kappa shape index (κ1) is 78.9. The molecule has 0 spiro atoms. The largest absolute Gasteiger partial charge is 0.462 e. The molecule has 0 aromatic heterocycles. The zero-order chi connectivity index (χ0) is 58.5. The normalized spacial score (nSPS) is 12.1. The van der Waals surface area contributed by atoms with Crippen LogP contribution < -0.4 is 0 Å². The Balaban J connectivity index is 4.25. The topological polar surface area (TPSA) is 78.9 Å². The van der Waals surface area contributed by atoms with Crippen molar-refractivity contribution in [2.75, 3.05) is 13.2 Å². The van der Waals surface area contributed by atoms with E-state index in [4.69, 9.17) is 14.2 Å². The molecule has 0 N–H and O–H groups in total. The Bertz CT molecular complexity index is 1310. The number of unbranched alkanes of at least 4 members (excludes halogenated alkanes) is 54. The number of rotatable bonds is 69. The summed E-state index contributed by atoms with van der Waals surface area (Å²) in [5.41, 5.74) is 0. The van der Waals surface area contributed by atoms with Crippen molar-refractivity contribution in [2.45, 2.75) is 425 Å². The average molecular weight is 1140 g/mol. The van der Waals surface area contributed by atoms with Crippen molar-refractivity contribution >= 4 is 17.9 Å². The lowest BCUT2D eigenvalue weighted by Gasteiger charge is -2.18. The van der Waals surface area contributed by atoms with Crippen LogP contribution in [0.1, 0.15) is 419 Å². The summed E-state index contributed by atoms with van der Waals surface area (Å²) in [6.07, 6.45) is 86.4. The van der Waals surface area contributed by atoms with Crippen LogP contribution in [-0.4, -0.2) is 37.2 Å². The average Bonchev–Trinajstić information content (AvgIpc) is 3.47. The Morgan fingerprint density at radius 3 is 0.617 bits per heavy atom. The van der Waals surface area contributed by atoms with Gasteiger partial charge >= 0.3 is 17.9 Å². The van der Waals surface area contributed by atoms with E-state index in [0.29, 0.717) is 19.3 Å². The lowest BCUT2D eigenvalue weighted by Crippen LogP contribution is -2.30. The molecule has 0 aliphatic heterocycles. The summed E-state index contributed by atoms with van der Waals surface area (Å²) in [5, 5.41) is 0. The third-order valence-electron chi connectivity index (χ3n) is 16.9. The third kappa shape index (κ3) is 68.6. The molecule has 0 bridgehead atoms. The molecule has 0 rings (SSSR count). The van der Waals surface area contributed by atoms with Gasteiger partial charge in [0.15, 0.2) is 6.10 Å². The molecule has 0 aromatic carbocycles. The van der Waals surface area contributed by atoms with E-state index in [1.54, 1.807) is 0 Å². The monoisotopic (exact) mass is 1140 g/mol. The molecule has 0 aromatic rings. The minimum absolute atomic E-state index is 0.0680. The van der Waals surface area contributed by atoms with Crippen LogP contribution in [-0.2, 0) is 28.6 Å². The van der Waals surface area contributed by atoms with E-state index < -0.39 is 6.10 Å². The second-order valence-corrected chi connectivity index (χ2v) is 25.2. The zero-order valence-electron chi connectivity index (χ0n) is 55.1. The molecule has 0 aliphatic carbocycles. The molecule has 0 amide bonds. The zero-order valence-corrected chi connectivity index (χ0v) is 55.1. The van der Waals surface area contributed by atoms with Crippen LogP contribution in [0, 0.1) is 0 Å².